The molecule has 2 rings (SSSR count). The molecular weight excluding hydrogens is 227 g/mol. The molecule has 0 saturated heterocycles. The van der Waals surface area contributed by atoms with Crippen LogP contribution in [-0.4, -0.2) is 12.1 Å². The van der Waals surface area contributed by atoms with Gasteiger partial charge in [-0.2, -0.15) is 0 Å². The van der Waals surface area contributed by atoms with Gasteiger partial charge in [-0.3, -0.25) is 4.81 Å². The molecule has 0 saturated carbocycles. The molecule has 2 aromatic rings. The summed E-state index contributed by atoms with van der Waals surface area (Å²) in [4.78, 5) is 9.97. The molecule has 1 N–H and O–H groups in total. The van der Waals surface area contributed by atoms with Gasteiger partial charge in [0, 0.05) is 0 Å². The monoisotopic (exact) mass is 242 g/mol. The van der Waals surface area contributed by atoms with Gasteiger partial charge in [0.05, 0.1) is 0 Å². The summed E-state index contributed by atoms with van der Waals surface area (Å²) in [6, 6.07) is 17.0. The Kier molecular flexibility index (Phi) is 4.53. The van der Waals surface area contributed by atoms with E-state index in [2.05, 4.69) is 0 Å². The second kappa shape index (κ2) is 6.35. The molecule has 92 valence electrons. The van der Waals surface area contributed by atoms with Crippen molar-refractivity contribution in [2.45, 2.75) is 13.5 Å². The molecule has 0 spiro atoms. The Morgan fingerprint density at radius 1 is 1.06 bits per heavy atom. The van der Waals surface area contributed by atoms with Crippen LogP contribution in [0.15, 0.2) is 54.6 Å². The Morgan fingerprint density at radius 3 is 2.56 bits per heavy atom. The highest BCUT2D eigenvalue weighted by molar-refractivity contribution is 6.59. The second-order valence-electron chi connectivity index (χ2n) is 4.11. The van der Waals surface area contributed by atoms with Crippen LogP contribution in [0.25, 0.3) is 0 Å². The van der Waals surface area contributed by atoms with Crippen molar-refractivity contribution in [2.75, 3.05) is 0 Å². The Morgan fingerprint density at radius 2 is 1.83 bits per heavy atom. The van der Waals surface area contributed by atoms with E-state index in [9.17, 15) is 5.02 Å². The molecular formula is C14H15BO3. The molecule has 0 amide bonds. The number of hydrogen-bond donors (Lipinski definition) is 1. The third-order valence-corrected chi connectivity index (χ3v) is 2.55. The minimum absolute atomic E-state index is 0.311. The van der Waals surface area contributed by atoms with Gasteiger partial charge in [0.2, 0.25) is 0 Å². The molecule has 0 radical (unpaired) electrons. The molecule has 0 atom stereocenters. The highest BCUT2D eigenvalue weighted by Crippen LogP contribution is 2.05. The summed E-state index contributed by atoms with van der Waals surface area (Å²) >= 11 is 0. The van der Waals surface area contributed by atoms with E-state index in [1.165, 1.54) is 5.56 Å². The zero-order valence-electron chi connectivity index (χ0n) is 10.2. The van der Waals surface area contributed by atoms with Gasteiger partial charge in [0.25, 0.3) is 0 Å². The average Bonchev–Trinajstić information content (AvgIpc) is 2.40. The Balaban J connectivity index is 1.82. The van der Waals surface area contributed by atoms with Gasteiger partial charge < -0.3 is 5.02 Å². The van der Waals surface area contributed by atoms with Gasteiger partial charge in [-0.05, 0) is 17.9 Å². The summed E-state index contributed by atoms with van der Waals surface area (Å²) in [5, 5.41) is 9.71. The highest BCUT2D eigenvalue weighted by atomic mass is 17.2. The van der Waals surface area contributed by atoms with Crippen LogP contribution < -0.4 is 5.46 Å². The number of rotatable bonds is 5. The molecule has 0 aliphatic carbocycles. The van der Waals surface area contributed by atoms with Crippen LogP contribution in [0, 0.1) is 6.92 Å². The van der Waals surface area contributed by atoms with E-state index in [0.29, 0.717) is 12.1 Å². The van der Waals surface area contributed by atoms with Crippen molar-refractivity contribution in [1.82, 2.24) is 0 Å². The number of hydrogen-bond acceptors (Lipinski definition) is 3. The quantitative estimate of drug-likeness (QED) is 0.494. The maximum absolute atomic E-state index is 9.71. The predicted molar refractivity (Wildman–Crippen MR) is 71.1 cm³/mol. The van der Waals surface area contributed by atoms with Crippen molar-refractivity contribution in [3.63, 3.8) is 0 Å². The van der Waals surface area contributed by atoms with E-state index in [1.54, 1.807) is 12.1 Å². The summed E-state index contributed by atoms with van der Waals surface area (Å²) in [5.74, 6) is 0. The first kappa shape index (κ1) is 12.8. The van der Waals surface area contributed by atoms with Gasteiger partial charge in [0.15, 0.2) is 0 Å². The van der Waals surface area contributed by atoms with Crippen LogP contribution in [0.4, 0.5) is 0 Å². The first-order valence-corrected chi connectivity index (χ1v) is 5.82. The Bertz CT molecular complexity index is 487. The van der Waals surface area contributed by atoms with Gasteiger partial charge in [-0.15, -0.1) is 0 Å². The standard InChI is InChI=1S/C14H15BO3/c1-12-6-5-7-13(10-12)11-17-18-15(16)14-8-3-2-4-9-14/h2-10,16H,11H2,1H3. The molecule has 0 fully saturated rings. The van der Waals surface area contributed by atoms with Crippen molar-refractivity contribution >= 4 is 12.6 Å². The number of aryl methyl sites for hydroxylation is 1. The zero-order valence-corrected chi connectivity index (χ0v) is 10.2. The first-order chi connectivity index (χ1) is 8.75. The topological polar surface area (TPSA) is 38.7 Å². The van der Waals surface area contributed by atoms with Gasteiger partial charge >= 0.3 is 7.12 Å². The predicted octanol–water partition coefficient (Wildman–Crippen LogP) is 1.83. The summed E-state index contributed by atoms with van der Waals surface area (Å²) in [7, 11) is -1.06. The van der Waals surface area contributed by atoms with Crippen molar-refractivity contribution in [3.8, 4) is 0 Å². The molecule has 18 heavy (non-hydrogen) atoms. The minimum Gasteiger partial charge on any atom is -0.422 e. The summed E-state index contributed by atoms with van der Waals surface area (Å²) in [6.07, 6.45) is 0. The molecule has 0 aromatic heterocycles. The van der Waals surface area contributed by atoms with Gasteiger partial charge in [-0.1, -0.05) is 60.2 Å². The molecule has 0 bridgehead atoms. The third-order valence-electron chi connectivity index (χ3n) is 2.55. The van der Waals surface area contributed by atoms with Crippen LogP contribution in [-0.2, 0) is 16.3 Å². The zero-order chi connectivity index (χ0) is 12.8. The SMILES string of the molecule is Cc1cccc(COOB(O)c2ccccc2)c1. The van der Waals surface area contributed by atoms with E-state index >= 15 is 0 Å². The molecule has 0 aliphatic rings. The fourth-order valence-corrected chi connectivity index (χ4v) is 1.64. The first-order valence-electron chi connectivity index (χ1n) is 5.82. The lowest BCUT2D eigenvalue weighted by Crippen LogP contribution is -2.33. The van der Waals surface area contributed by atoms with Crippen LogP contribution >= 0.6 is 0 Å². The molecule has 0 heterocycles. The van der Waals surface area contributed by atoms with E-state index in [0.717, 1.165) is 5.56 Å². The van der Waals surface area contributed by atoms with E-state index in [-0.39, 0.29) is 0 Å². The lowest BCUT2D eigenvalue weighted by Gasteiger charge is -2.08. The largest absolute Gasteiger partial charge is 0.523 e. The lowest BCUT2D eigenvalue weighted by molar-refractivity contribution is -0.231. The maximum Gasteiger partial charge on any atom is 0.523 e. The molecule has 0 aliphatic heterocycles. The van der Waals surface area contributed by atoms with Crippen molar-refractivity contribution in [1.29, 1.82) is 0 Å². The normalized spacial score (nSPS) is 10.3. The van der Waals surface area contributed by atoms with Crippen LogP contribution in [0.5, 0.6) is 0 Å². The lowest BCUT2D eigenvalue weighted by atomic mass is 9.80. The molecule has 4 heteroatoms. The second-order valence-corrected chi connectivity index (χ2v) is 4.11. The Labute approximate surface area is 107 Å². The van der Waals surface area contributed by atoms with Crippen molar-refractivity contribution in [3.05, 3.63) is 65.7 Å². The van der Waals surface area contributed by atoms with Crippen molar-refractivity contribution < 1.29 is 14.7 Å². The van der Waals surface area contributed by atoms with Crippen molar-refractivity contribution in [2.24, 2.45) is 0 Å². The smallest absolute Gasteiger partial charge is 0.422 e. The summed E-state index contributed by atoms with van der Waals surface area (Å²) < 4.78 is 0. The van der Waals surface area contributed by atoms with E-state index < -0.39 is 7.12 Å². The van der Waals surface area contributed by atoms with E-state index in [4.69, 9.17) is 9.69 Å². The molecule has 0 unspecified atom stereocenters. The highest BCUT2D eigenvalue weighted by Gasteiger charge is 2.16. The fourth-order valence-electron chi connectivity index (χ4n) is 1.64. The summed E-state index contributed by atoms with van der Waals surface area (Å²) in [5.41, 5.74) is 2.84. The molecule has 3 nitrogen and oxygen atoms in total. The van der Waals surface area contributed by atoms with Crippen LogP contribution in [0.2, 0.25) is 0 Å². The van der Waals surface area contributed by atoms with Crippen LogP contribution in [0.1, 0.15) is 11.1 Å². The molecule has 2 aromatic carbocycles. The van der Waals surface area contributed by atoms with E-state index in [1.807, 2.05) is 49.4 Å². The Hall–Kier alpha value is -1.62. The number of benzene rings is 2. The average molecular weight is 242 g/mol. The van der Waals surface area contributed by atoms with Gasteiger partial charge in [-0.25, -0.2) is 4.89 Å². The van der Waals surface area contributed by atoms with Gasteiger partial charge in [0.1, 0.15) is 6.61 Å². The fraction of sp³-hybridized carbons (Fsp3) is 0.143. The third kappa shape index (κ3) is 3.70. The summed E-state index contributed by atoms with van der Waals surface area (Å²) in [6.45, 7) is 2.33. The minimum atomic E-state index is -1.06. The maximum atomic E-state index is 9.71. The van der Waals surface area contributed by atoms with Crippen LogP contribution in [0.3, 0.4) is 0 Å².